The number of para-hydroxylation sites is 4. The molecular formula is C43H23NO2. The first-order valence-corrected chi connectivity index (χ1v) is 15.9. The lowest BCUT2D eigenvalue weighted by Crippen LogP contribution is -1.96. The minimum absolute atomic E-state index is 0.0238. The molecular weight excluding hydrogens is 562 g/mol. The van der Waals surface area contributed by atoms with Crippen LogP contribution in [0.1, 0.15) is 22.6 Å². The summed E-state index contributed by atoms with van der Waals surface area (Å²) in [6.45, 7) is 0. The Morgan fingerprint density at radius 2 is 0.848 bits per heavy atom. The van der Waals surface area contributed by atoms with Crippen molar-refractivity contribution in [1.82, 2.24) is 4.57 Å². The van der Waals surface area contributed by atoms with E-state index in [2.05, 4.69) is 138 Å². The number of fused-ring (bicyclic) bond motifs is 17. The van der Waals surface area contributed by atoms with Gasteiger partial charge in [-0.2, -0.15) is 0 Å². The minimum Gasteiger partial charge on any atom is -0.456 e. The largest absolute Gasteiger partial charge is 0.456 e. The first-order valence-electron chi connectivity index (χ1n) is 15.9. The maximum atomic E-state index is 6.75. The molecule has 2 aliphatic carbocycles. The standard InChI is InChI=1S/C43H23NO2/c1-5-13-34-24(9-1)25-10-2-6-14-35(25)44(34)23-21-32-28-17-19-30-26-11-3-7-15-36(26)45-42(30)39(28)41-38(32)33(22-23)29-18-20-31-27-12-4-8-16-37(27)46-43(31)40(29)41/h1-22,41H. The first kappa shape index (κ1) is 23.3. The Kier molecular flexibility index (Phi) is 4.04. The Hall–Kier alpha value is -6.06. The molecule has 10 aromatic rings. The summed E-state index contributed by atoms with van der Waals surface area (Å²) < 4.78 is 15.9. The van der Waals surface area contributed by atoms with Gasteiger partial charge in [0.2, 0.25) is 0 Å². The molecule has 12 rings (SSSR count). The van der Waals surface area contributed by atoms with Gasteiger partial charge in [-0.1, -0.05) is 84.9 Å². The number of aromatic nitrogens is 1. The fourth-order valence-electron chi connectivity index (χ4n) is 8.82. The van der Waals surface area contributed by atoms with Crippen LogP contribution in [-0.4, -0.2) is 4.57 Å². The zero-order valence-electron chi connectivity index (χ0n) is 24.5. The van der Waals surface area contributed by atoms with Crippen LogP contribution < -0.4 is 0 Å². The summed E-state index contributed by atoms with van der Waals surface area (Å²) in [5.41, 5.74) is 16.3. The van der Waals surface area contributed by atoms with Gasteiger partial charge in [-0.25, -0.2) is 0 Å². The summed E-state index contributed by atoms with van der Waals surface area (Å²) in [6.07, 6.45) is 0. The average molecular weight is 586 g/mol. The van der Waals surface area contributed by atoms with Gasteiger partial charge in [0, 0.05) is 55.0 Å². The molecule has 3 heterocycles. The molecule has 0 bridgehead atoms. The van der Waals surface area contributed by atoms with Crippen LogP contribution in [0.2, 0.25) is 0 Å². The summed E-state index contributed by atoms with van der Waals surface area (Å²) in [7, 11) is 0. The molecule has 0 fully saturated rings. The van der Waals surface area contributed by atoms with Crippen LogP contribution in [0.5, 0.6) is 0 Å². The number of furan rings is 2. The smallest absolute Gasteiger partial charge is 0.140 e. The van der Waals surface area contributed by atoms with E-state index in [1.54, 1.807) is 0 Å². The van der Waals surface area contributed by atoms with Crippen LogP contribution in [-0.2, 0) is 0 Å². The Balaban J connectivity index is 1.26. The van der Waals surface area contributed by atoms with E-state index in [4.69, 9.17) is 8.83 Å². The zero-order chi connectivity index (χ0) is 29.7. The predicted molar refractivity (Wildman–Crippen MR) is 187 cm³/mol. The molecule has 3 nitrogen and oxygen atoms in total. The van der Waals surface area contributed by atoms with Crippen molar-refractivity contribution in [2.75, 3.05) is 0 Å². The third kappa shape index (κ3) is 2.64. The van der Waals surface area contributed by atoms with Gasteiger partial charge in [0.25, 0.3) is 0 Å². The summed E-state index contributed by atoms with van der Waals surface area (Å²) in [5, 5.41) is 7.17. The van der Waals surface area contributed by atoms with Crippen molar-refractivity contribution in [2.24, 2.45) is 0 Å². The van der Waals surface area contributed by atoms with Crippen molar-refractivity contribution in [2.45, 2.75) is 5.92 Å². The fourth-order valence-corrected chi connectivity index (χ4v) is 8.82. The van der Waals surface area contributed by atoms with Crippen molar-refractivity contribution in [3.8, 4) is 27.9 Å². The lowest BCUT2D eigenvalue weighted by molar-refractivity contribution is 0.656. The van der Waals surface area contributed by atoms with Gasteiger partial charge in [-0.15, -0.1) is 0 Å². The maximum absolute atomic E-state index is 6.75. The normalized spacial score (nSPS) is 13.6. The highest BCUT2D eigenvalue weighted by molar-refractivity contribution is 6.15. The summed E-state index contributed by atoms with van der Waals surface area (Å²) in [4.78, 5) is 0. The predicted octanol–water partition coefficient (Wildman–Crippen LogP) is 11.7. The van der Waals surface area contributed by atoms with Gasteiger partial charge in [0.15, 0.2) is 0 Å². The van der Waals surface area contributed by atoms with Crippen molar-refractivity contribution in [3.05, 3.63) is 150 Å². The van der Waals surface area contributed by atoms with E-state index in [0.29, 0.717) is 0 Å². The molecule has 0 unspecified atom stereocenters. The number of hydrogen-bond acceptors (Lipinski definition) is 2. The van der Waals surface area contributed by atoms with Crippen LogP contribution in [0.25, 0.3) is 93.6 Å². The summed E-state index contributed by atoms with van der Waals surface area (Å²) in [6, 6.07) is 48.3. The third-order valence-electron chi connectivity index (χ3n) is 10.6. The number of nitrogens with zero attached hydrogens (tertiary/aromatic N) is 1. The molecule has 0 amide bonds. The van der Waals surface area contributed by atoms with Crippen LogP contribution in [0.15, 0.2) is 142 Å². The molecule has 2 aliphatic rings. The second-order valence-electron chi connectivity index (χ2n) is 12.8. The van der Waals surface area contributed by atoms with E-state index >= 15 is 0 Å². The number of benzene rings is 7. The zero-order valence-corrected chi connectivity index (χ0v) is 24.5. The topological polar surface area (TPSA) is 31.2 Å². The molecule has 0 radical (unpaired) electrons. The summed E-state index contributed by atoms with van der Waals surface area (Å²) in [5.74, 6) is 0.0238. The highest BCUT2D eigenvalue weighted by Gasteiger charge is 2.43. The highest BCUT2D eigenvalue weighted by Crippen LogP contribution is 2.62. The van der Waals surface area contributed by atoms with Gasteiger partial charge < -0.3 is 13.4 Å². The SMILES string of the molecule is c1ccc2c(c1)oc1c3c(ccc12)-c1cc(-n2c4ccccc4c4ccccc42)cc2c1C3c1c-2ccc2c1oc1ccccc12. The fraction of sp³-hybridized carbons (Fsp3) is 0.0233. The maximum Gasteiger partial charge on any atom is 0.140 e. The second-order valence-corrected chi connectivity index (χ2v) is 12.8. The number of hydrogen-bond donors (Lipinski definition) is 0. The van der Waals surface area contributed by atoms with Crippen molar-refractivity contribution < 1.29 is 8.83 Å². The molecule has 0 spiro atoms. The number of rotatable bonds is 1. The second kappa shape index (κ2) is 7.96. The van der Waals surface area contributed by atoms with Crippen molar-refractivity contribution in [1.29, 1.82) is 0 Å². The van der Waals surface area contributed by atoms with E-state index in [1.807, 2.05) is 0 Å². The highest BCUT2D eigenvalue weighted by atomic mass is 16.3. The quantitative estimate of drug-likeness (QED) is 0.192. The Morgan fingerprint density at radius 1 is 0.391 bits per heavy atom. The van der Waals surface area contributed by atoms with Gasteiger partial charge in [-0.3, -0.25) is 0 Å². The minimum atomic E-state index is 0.0238. The Morgan fingerprint density at radius 3 is 1.37 bits per heavy atom. The molecule has 3 aromatic heterocycles. The molecule has 0 saturated heterocycles. The lowest BCUT2D eigenvalue weighted by Gasteiger charge is -2.14. The van der Waals surface area contributed by atoms with Gasteiger partial charge >= 0.3 is 0 Å². The van der Waals surface area contributed by atoms with E-state index in [9.17, 15) is 0 Å². The van der Waals surface area contributed by atoms with Gasteiger partial charge in [0.1, 0.15) is 22.3 Å². The molecule has 0 N–H and O–H groups in total. The molecule has 212 valence electrons. The van der Waals surface area contributed by atoms with Crippen LogP contribution in [0, 0.1) is 0 Å². The molecule has 0 atom stereocenters. The Labute approximate surface area is 262 Å². The summed E-state index contributed by atoms with van der Waals surface area (Å²) >= 11 is 0. The third-order valence-corrected chi connectivity index (χ3v) is 10.6. The molecule has 0 saturated carbocycles. The molecule has 7 aromatic carbocycles. The molecule has 0 aliphatic heterocycles. The van der Waals surface area contributed by atoms with Gasteiger partial charge in [-0.05, 0) is 76.3 Å². The van der Waals surface area contributed by atoms with E-state index < -0.39 is 0 Å². The molecule has 3 heteroatoms. The monoisotopic (exact) mass is 585 g/mol. The van der Waals surface area contributed by atoms with Crippen LogP contribution >= 0.6 is 0 Å². The van der Waals surface area contributed by atoms with E-state index in [0.717, 1.165) is 43.9 Å². The molecule has 46 heavy (non-hydrogen) atoms. The van der Waals surface area contributed by atoms with Crippen LogP contribution in [0.4, 0.5) is 0 Å². The van der Waals surface area contributed by atoms with E-state index in [1.165, 1.54) is 66.4 Å². The van der Waals surface area contributed by atoms with E-state index in [-0.39, 0.29) is 5.92 Å². The van der Waals surface area contributed by atoms with Crippen molar-refractivity contribution in [3.63, 3.8) is 0 Å². The lowest BCUT2D eigenvalue weighted by atomic mass is 9.90. The average Bonchev–Trinajstić information content (AvgIpc) is 3.90. The first-order chi connectivity index (χ1) is 22.8. The van der Waals surface area contributed by atoms with Crippen LogP contribution in [0.3, 0.4) is 0 Å². The van der Waals surface area contributed by atoms with Gasteiger partial charge in [0.05, 0.1) is 11.0 Å². The Bertz CT molecular complexity index is 2790. The van der Waals surface area contributed by atoms with Crippen molar-refractivity contribution >= 4 is 65.7 Å².